The van der Waals surface area contributed by atoms with E-state index >= 15 is 0 Å². The Labute approximate surface area is 120 Å². The van der Waals surface area contributed by atoms with Crippen LogP contribution in [0, 0.1) is 13.8 Å². The number of hydrogen-bond acceptors (Lipinski definition) is 3. The number of oxazole rings is 1. The van der Waals surface area contributed by atoms with Crippen molar-refractivity contribution in [3.05, 3.63) is 52.7 Å². The molecule has 4 nitrogen and oxygen atoms in total. The standard InChI is InChI=1S/C14H15BrN2O2/c1-9-10(2)19-13(17-9)8-16-14(18)12-5-3-11(7-15)4-6-12/h3-6H,7-8H2,1-2H3,(H,16,18). The molecule has 0 spiro atoms. The molecule has 2 rings (SSSR count). The minimum absolute atomic E-state index is 0.130. The van der Waals surface area contributed by atoms with Gasteiger partial charge in [-0.3, -0.25) is 4.79 Å². The highest BCUT2D eigenvalue weighted by molar-refractivity contribution is 9.08. The molecule has 2 aromatic rings. The summed E-state index contributed by atoms with van der Waals surface area (Å²) >= 11 is 3.37. The Bertz CT molecular complexity index is 556. The second kappa shape index (κ2) is 6.02. The van der Waals surface area contributed by atoms with Gasteiger partial charge in [0.1, 0.15) is 5.76 Å². The van der Waals surface area contributed by atoms with Gasteiger partial charge in [-0.25, -0.2) is 4.98 Å². The molecule has 0 saturated carbocycles. The summed E-state index contributed by atoms with van der Waals surface area (Å²) in [7, 11) is 0. The van der Waals surface area contributed by atoms with Crippen LogP contribution >= 0.6 is 15.9 Å². The van der Waals surface area contributed by atoms with Gasteiger partial charge in [0.05, 0.1) is 12.2 Å². The third kappa shape index (κ3) is 3.44. The number of aryl methyl sites for hydroxylation is 2. The summed E-state index contributed by atoms with van der Waals surface area (Å²) in [4.78, 5) is 16.1. The zero-order valence-corrected chi connectivity index (χ0v) is 12.5. The second-order valence-electron chi connectivity index (χ2n) is 4.26. The first-order valence-electron chi connectivity index (χ1n) is 5.96. The molecule has 0 atom stereocenters. The number of hydrogen-bond donors (Lipinski definition) is 1. The maximum Gasteiger partial charge on any atom is 0.251 e. The van der Waals surface area contributed by atoms with Gasteiger partial charge >= 0.3 is 0 Å². The topological polar surface area (TPSA) is 55.1 Å². The van der Waals surface area contributed by atoms with Crippen molar-refractivity contribution < 1.29 is 9.21 Å². The fourth-order valence-corrected chi connectivity index (χ4v) is 1.99. The van der Waals surface area contributed by atoms with Crippen LogP contribution in [-0.4, -0.2) is 10.9 Å². The number of alkyl halides is 1. The molecule has 100 valence electrons. The minimum Gasteiger partial charge on any atom is -0.444 e. The van der Waals surface area contributed by atoms with E-state index in [0.717, 1.165) is 22.3 Å². The van der Waals surface area contributed by atoms with Crippen LogP contribution in [0.15, 0.2) is 28.7 Å². The van der Waals surface area contributed by atoms with Crippen molar-refractivity contribution in [2.45, 2.75) is 25.7 Å². The molecule has 0 radical (unpaired) electrons. The van der Waals surface area contributed by atoms with Crippen molar-refractivity contribution >= 4 is 21.8 Å². The summed E-state index contributed by atoms with van der Waals surface area (Å²) in [5, 5.41) is 3.57. The summed E-state index contributed by atoms with van der Waals surface area (Å²) < 4.78 is 5.41. The van der Waals surface area contributed by atoms with E-state index in [-0.39, 0.29) is 5.91 Å². The number of benzene rings is 1. The van der Waals surface area contributed by atoms with Crippen LogP contribution in [-0.2, 0) is 11.9 Å². The molecule has 19 heavy (non-hydrogen) atoms. The third-order valence-electron chi connectivity index (χ3n) is 2.84. The molecule has 1 amide bonds. The molecule has 1 N–H and O–H groups in total. The van der Waals surface area contributed by atoms with Crippen LogP contribution < -0.4 is 5.32 Å². The number of aromatic nitrogens is 1. The Hall–Kier alpha value is -1.62. The van der Waals surface area contributed by atoms with Gasteiger partial charge in [-0.1, -0.05) is 28.1 Å². The summed E-state index contributed by atoms with van der Waals surface area (Å²) in [5.41, 5.74) is 2.62. The average molecular weight is 323 g/mol. The molecule has 0 saturated heterocycles. The Morgan fingerprint density at radius 1 is 1.32 bits per heavy atom. The SMILES string of the molecule is Cc1nc(CNC(=O)c2ccc(CBr)cc2)oc1C. The highest BCUT2D eigenvalue weighted by Crippen LogP contribution is 2.10. The summed E-state index contributed by atoms with van der Waals surface area (Å²) in [5.74, 6) is 1.18. The fourth-order valence-electron chi connectivity index (χ4n) is 1.62. The maximum atomic E-state index is 11.9. The van der Waals surface area contributed by atoms with Crippen molar-refractivity contribution in [1.82, 2.24) is 10.3 Å². The smallest absolute Gasteiger partial charge is 0.251 e. The number of amides is 1. The molecule has 1 aromatic carbocycles. The number of halogens is 1. The average Bonchev–Trinajstić information content (AvgIpc) is 2.75. The van der Waals surface area contributed by atoms with Gasteiger partial charge in [-0.15, -0.1) is 0 Å². The molecule has 0 aliphatic carbocycles. The van der Waals surface area contributed by atoms with E-state index in [2.05, 4.69) is 26.2 Å². The molecule has 0 bridgehead atoms. The number of rotatable bonds is 4. The molecule has 1 heterocycles. The maximum absolute atomic E-state index is 11.9. The molecule has 0 aliphatic heterocycles. The summed E-state index contributed by atoms with van der Waals surface area (Å²) in [6, 6.07) is 7.45. The van der Waals surface area contributed by atoms with E-state index in [4.69, 9.17) is 4.42 Å². The van der Waals surface area contributed by atoms with Gasteiger partial charge in [0.2, 0.25) is 5.89 Å². The predicted octanol–water partition coefficient (Wildman–Crippen LogP) is 3.12. The van der Waals surface area contributed by atoms with Gasteiger partial charge in [-0.05, 0) is 31.5 Å². The molecule has 5 heteroatoms. The van der Waals surface area contributed by atoms with Crippen molar-refractivity contribution in [2.75, 3.05) is 0 Å². The van der Waals surface area contributed by atoms with Gasteiger partial charge in [0.25, 0.3) is 5.91 Å². The van der Waals surface area contributed by atoms with Crippen LogP contribution in [0.3, 0.4) is 0 Å². The lowest BCUT2D eigenvalue weighted by atomic mass is 10.1. The van der Waals surface area contributed by atoms with Gasteiger partial charge in [0, 0.05) is 10.9 Å². The van der Waals surface area contributed by atoms with Crippen molar-refractivity contribution in [3.8, 4) is 0 Å². The lowest BCUT2D eigenvalue weighted by molar-refractivity contribution is 0.0947. The van der Waals surface area contributed by atoms with E-state index in [0.29, 0.717) is 18.0 Å². The van der Waals surface area contributed by atoms with Gasteiger partial charge in [-0.2, -0.15) is 0 Å². The van der Waals surface area contributed by atoms with Crippen molar-refractivity contribution in [3.63, 3.8) is 0 Å². The largest absolute Gasteiger partial charge is 0.444 e. The van der Waals surface area contributed by atoms with Gasteiger partial charge < -0.3 is 9.73 Å². The van der Waals surface area contributed by atoms with E-state index in [1.807, 2.05) is 26.0 Å². The van der Waals surface area contributed by atoms with Crippen LogP contribution in [0.5, 0.6) is 0 Å². The zero-order valence-electron chi connectivity index (χ0n) is 10.9. The second-order valence-corrected chi connectivity index (χ2v) is 4.82. The molecule has 1 aromatic heterocycles. The van der Waals surface area contributed by atoms with Crippen LogP contribution in [0.4, 0.5) is 0 Å². The first-order chi connectivity index (χ1) is 9.10. The molecule has 0 fully saturated rings. The van der Waals surface area contributed by atoms with Crippen molar-refractivity contribution in [1.29, 1.82) is 0 Å². The van der Waals surface area contributed by atoms with E-state index < -0.39 is 0 Å². The first kappa shape index (κ1) is 13.8. The van der Waals surface area contributed by atoms with Crippen LogP contribution in [0.25, 0.3) is 0 Å². The first-order valence-corrected chi connectivity index (χ1v) is 7.08. The lowest BCUT2D eigenvalue weighted by Gasteiger charge is -2.03. The predicted molar refractivity (Wildman–Crippen MR) is 76.2 cm³/mol. The molecule has 0 unspecified atom stereocenters. The summed E-state index contributed by atoms with van der Waals surface area (Å²) in [6.45, 7) is 4.03. The summed E-state index contributed by atoms with van der Waals surface area (Å²) in [6.07, 6.45) is 0. The number of carbonyl (C=O) groups is 1. The Balaban J connectivity index is 1.96. The Morgan fingerprint density at radius 3 is 2.53 bits per heavy atom. The van der Waals surface area contributed by atoms with E-state index in [1.165, 1.54) is 0 Å². The third-order valence-corrected chi connectivity index (χ3v) is 3.49. The molecular weight excluding hydrogens is 308 g/mol. The highest BCUT2D eigenvalue weighted by atomic mass is 79.9. The Kier molecular flexibility index (Phi) is 4.37. The lowest BCUT2D eigenvalue weighted by Crippen LogP contribution is -2.22. The van der Waals surface area contributed by atoms with Crippen molar-refractivity contribution in [2.24, 2.45) is 0 Å². The number of nitrogens with one attached hydrogen (secondary N) is 1. The monoisotopic (exact) mass is 322 g/mol. The zero-order chi connectivity index (χ0) is 13.8. The minimum atomic E-state index is -0.130. The van der Waals surface area contributed by atoms with E-state index in [1.54, 1.807) is 12.1 Å². The van der Waals surface area contributed by atoms with Gasteiger partial charge in [0.15, 0.2) is 0 Å². The molecular formula is C14H15BrN2O2. The van der Waals surface area contributed by atoms with E-state index in [9.17, 15) is 4.79 Å². The van der Waals surface area contributed by atoms with Crippen LogP contribution in [0.2, 0.25) is 0 Å². The normalized spacial score (nSPS) is 10.5. The molecule has 0 aliphatic rings. The highest BCUT2D eigenvalue weighted by Gasteiger charge is 2.09. The Morgan fingerprint density at radius 2 is 2.00 bits per heavy atom. The van der Waals surface area contributed by atoms with Crippen LogP contribution in [0.1, 0.15) is 33.3 Å². The quantitative estimate of drug-likeness (QED) is 0.880. The number of nitrogens with zero attached hydrogens (tertiary/aromatic N) is 1. The fraction of sp³-hybridized carbons (Fsp3) is 0.286. The number of carbonyl (C=O) groups excluding carboxylic acids is 1.